The summed E-state index contributed by atoms with van der Waals surface area (Å²) in [5.74, 6) is -0.712. The number of amides is 1. The van der Waals surface area contributed by atoms with Crippen molar-refractivity contribution in [3.63, 3.8) is 0 Å². The molecule has 11 nitrogen and oxygen atoms in total. The molecule has 0 aromatic heterocycles. The molecule has 424 valence electrons. The normalized spacial score (nSPS) is 20.3. The van der Waals surface area contributed by atoms with E-state index in [-0.39, 0.29) is 12.8 Å². The third-order valence-electron chi connectivity index (χ3n) is 14.7. The van der Waals surface area contributed by atoms with Crippen LogP contribution in [0.25, 0.3) is 0 Å². The number of ether oxygens (including phenoxy) is 2. The first kappa shape index (κ1) is 68.3. The highest BCUT2D eigenvalue weighted by molar-refractivity contribution is 5.80. The molecule has 0 radical (unpaired) electrons. The van der Waals surface area contributed by atoms with Crippen molar-refractivity contribution in [3.05, 3.63) is 36.5 Å². The second-order valence-electron chi connectivity index (χ2n) is 21.4. The second-order valence-corrected chi connectivity index (χ2v) is 21.4. The zero-order valence-corrected chi connectivity index (χ0v) is 46.4. The molecule has 9 unspecified atom stereocenters. The lowest BCUT2D eigenvalue weighted by molar-refractivity contribution is -0.303. The number of aliphatic hydroxyl groups is 7. The van der Waals surface area contributed by atoms with Crippen LogP contribution < -0.4 is 5.32 Å². The van der Waals surface area contributed by atoms with E-state index in [1.807, 2.05) is 0 Å². The van der Waals surface area contributed by atoms with Gasteiger partial charge in [-0.25, -0.2) is 0 Å². The fourth-order valence-electron chi connectivity index (χ4n) is 9.71. The quantitative estimate of drug-likeness (QED) is 0.0215. The minimum absolute atomic E-state index is 0.242. The van der Waals surface area contributed by atoms with Gasteiger partial charge in [0.15, 0.2) is 6.29 Å². The van der Waals surface area contributed by atoms with Crippen LogP contribution in [0.5, 0.6) is 0 Å². The molecule has 0 aromatic rings. The molecule has 1 saturated heterocycles. The monoisotopic (exact) mass is 1020 g/mol. The Hall–Kier alpha value is -1.67. The van der Waals surface area contributed by atoms with E-state index in [4.69, 9.17) is 9.47 Å². The molecule has 0 spiro atoms. The maximum absolute atomic E-state index is 13.2. The van der Waals surface area contributed by atoms with Crippen molar-refractivity contribution >= 4 is 5.91 Å². The van der Waals surface area contributed by atoms with Gasteiger partial charge in [-0.2, -0.15) is 0 Å². The van der Waals surface area contributed by atoms with E-state index < -0.39 is 74.2 Å². The van der Waals surface area contributed by atoms with Crippen molar-refractivity contribution < 1.29 is 50.0 Å². The number of aliphatic hydroxyl groups excluding tert-OH is 7. The summed E-state index contributed by atoms with van der Waals surface area (Å²) in [6, 6.07) is -1.19. The maximum atomic E-state index is 13.2. The van der Waals surface area contributed by atoms with Crippen LogP contribution in [-0.4, -0.2) is 110 Å². The van der Waals surface area contributed by atoms with E-state index in [0.29, 0.717) is 12.8 Å². The number of rotatable bonds is 52. The first-order chi connectivity index (χ1) is 35.2. The summed E-state index contributed by atoms with van der Waals surface area (Å²) < 4.78 is 11.1. The predicted molar refractivity (Wildman–Crippen MR) is 298 cm³/mol. The summed E-state index contributed by atoms with van der Waals surface area (Å²) in [6.07, 6.45) is 50.6. The van der Waals surface area contributed by atoms with Gasteiger partial charge in [0.05, 0.1) is 25.4 Å². The Labute approximate surface area is 441 Å². The number of carbonyl (C=O) groups excluding carboxylic acids is 1. The number of hydrogen-bond acceptors (Lipinski definition) is 10. The van der Waals surface area contributed by atoms with Gasteiger partial charge >= 0.3 is 0 Å². The van der Waals surface area contributed by atoms with Crippen molar-refractivity contribution in [2.75, 3.05) is 13.2 Å². The summed E-state index contributed by atoms with van der Waals surface area (Å²) in [5, 5.41) is 76.2. The summed E-state index contributed by atoms with van der Waals surface area (Å²) in [5.41, 5.74) is 0. The van der Waals surface area contributed by atoms with Gasteiger partial charge in [-0.3, -0.25) is 4.79 Å². The molecule has 0 bridgehead atoms. The molecule has 0 aliphatic carbocycles. The lowest BCUT2D eigenvalue weighted by Crippen LogP contribution is -2.60. The van der Waals surface area contributed by atoms with Gasteiger partial charge in [-0.05, 0) is 70.6 Å². The lowest BCUT2D eigenvalue weighted by Gasteiger charge is -2.40. The van der Waals surface area contributed by atoms with E-state index in [0.717, 1.165) is 64.2 Å². The van der Waals surface area contributed by atoms with Crippen LogP contribution in [0.2, 0.25) is 0 Å². The average Bonchev–Trinajstić information content (AvgIpc) is 3.38. The Morgan fingerprint density at radius 2 is 0.861 bits per heavy atom. The minimum Gasteiger partial charge on any atom is -0.394 e. The molecule has 1 amide bonds. The SMILES string of the molecule is CCCCCCCCCCC/C=C\C/C=C\CCCCCCCCC(O)C(=O)NC(COC1OC(CO)C(O)C(O)C1O)C(O)C(O)CCC/C=C/CCCCCCCCCCCCCCCCCCCC. The van der Waals surface area contributed by atoms with E-state index in [2.05, 4.69) is 55.6 Å². The minimum atomic E-state index is -1.67. The smallest absolute Gasteiger partial charge is 0.249 e. The van der Waals surface area contributed by atoms with Gasteiger partial charge in [0.25, 0.3) is 0 Å². The number of unbranched alkanes of at least 4 members (excludes halogenated alkanes) is 34. The Kier molecular flexibility index (Phi) is 47.6. The van der Waals surface area contributed by atoms with Gasteiger partial charge < -0.3 is 50.5 Å². The molecule has 1 heterocycles. The Bertz CT molecular complexity index is 1260. The van der Waals surface area contributed by atoms with Crippen molar-refractivity contribution in [3.8, 4) is 0 Å². The molecule has 1 aliphatic heterocycles. The summed E-state index contributed by atoms with van der Waals surface area (Å²) in [7, 11) is 0. The maximum Gasteiger partial charge on any atom is 0.249 e. The van der Waals surface area contributed by atoms with E-state index in [1.165, 1.54) is 173 Å². The molecular weight excluding hydrogens is 907 g/mol. The Morgan fingerprint density at radius 1 is 0.486 bits per heavy atom. The predicted octanol–water partition coefficient (Wildman–Crippen LogP) is 13.1. The Morgan fingerprint density at radius 3 is 1.28 bits per heavy atom. The zero-order chi connectivity index (χ0) is 52.5. The van der Waals surface area contributed by atoms with E-state index in [9.17, 15) is 40.5 Å². The van der Waals surface area contributed by atoms with Crippen LogP contribution in [-0.2, 0) is 14.3 Å². The number of allylic oxidation sites excluding steroid dienone is 6. The van der Waals surface area contributed by atoms with Crippen LogP contribution in [0.4, 0.5) is 0 Å². The van der Waals surface area contributed by atoms with Gasteiger partial charge in [0.2, 0.25) is 5.91 Å². The molecule has 11 heteroatoms. The second kappa shape index (κ2) is 50.2. The molecule has 1 fully saturated rings. The number of hydrogen-bond donors (Lipinski definition) is 8. The highest BCUT2D eigenvalue weighted by Gasteiger charge is 2.44. The lowest BCUT2D eigenvalue weighted by atomic mass is 9.98. The third kappa shape index (κ3) is 38.0. The standard InChI is InChI=1S/C61H115NO10/c1-3-5-7-9-11-13-15-17-19-21-23-25-27-29-30-32-34-36-38-40-42-44-46-48-53(64)56(66)52(51-71-61-59(69)58(68)57(67)55(50-63)72-61)62-60(70)54(65)49-47-45-43-41-39-37-35-33-31-28-26-24-22-20-18-16-14-12-10-8-6-4-2/h24,26,31,33,40,42,52-59,61,63-69H,3-23,25,27-30,32,34-39,41,43-51H2,1-2H3,(H,62,70)/b26-24-,33-31-,42-40+. The van der Waals surface area contributed by atoms with Crippen LogP contribution in [0, 0.1) is 0 Å². The highest BCUT2D eigenvalue weighted by Crippen LogP contribution is 2.23. The van der Waals surface area contributed by atoms with E-state index >= 15 is 0 Å². The van der Waals surface area contributed by atoms with Gasteiger partial charge in [0, 0.05) is 0 Å². The first-order valence-corrected chi connectivity index (χ1v) is 30.4. The van der Waals surface area contributed by atoms with Gasteiger partial charge in [-0.1, -0.05) is 243 Å². The van der Waals surface area contributed by atoms with Crippen molar-refractivity contribution in [2.45, 2.75) is 332 Å². The highest BCUT2D eigenvalue weighted by atomic mass is 16.7. The number of carbonyl (C=O) groups is 1. The largest absolute Gasteiger partial charge is 0.394 e. The summed E-state index contributed by atoms with van der Waals surface area (Å²) in [6.45, 7) is 3.47. The topological polar surface area (TPSA) is 189 Å². The average molecular weight is 1020 g/mol. The van der Waals surface area contributed by atoms with Crippen LogP contribution >= 0.6 is 0 Å². The van der Waals surface area contributed by atoms with Crippen molar-refractivity contribution in [1.82, 2.24) is 5.32 Å². The van der Waals surface area contributed by atoms with Gasteiger partial charge in [0.1, 0.15) is 36.6 Å². The Balaban J connectivity index is 2.32. The van der Waals surface area contributed by atoms with Crippen molar-refractivity contribution in [1.29, 1.82) is 0 Å². The van der Waals surface area contributed by atoms with Crippen molar-refractivity contribution in [2.24, 2.45) is 0 Å². The van der Waals surface area contributed by atoms with E-state index in [1.54, 1.807) is 0 Å². The fourth-order valence-corrected chi connectivity index (χ4v) is 9.71. The molecule has 9 atom stereocenters. The molecule has 8 N–H and O–H groups in total. The number of nitrogens with one attached hydrogen (secondary N) is 1. The molecule has 72 heavy (non-hydrogen) atoms. The van der Waals surface area contributed by atoms with Gasteiger partial charge in [-0.15, -0.1) is 0 Å². The van der Waals surface area contributed by atoms with Crippen LogP contribution in [0.3, 0.4) is 0 Å². The van der Waals surface area contributed by atoms with Crippen LogP contribution in [0.1, 0.15) is 277 Å². The third-order valence-corrected chi connectivity index (χ3v) is 14.7. The summed E-state index contributed by atoms with van der Waals surface area (Å²) >= 11 is 0. The summed E-state index contributed by atoms with van der Waals surface area (Å²) in [4.78, 5) is 13.2. The molecule has 1 rings (SSSR count). The molecular formula is C61H115NO10. The zero-order valence-electron chi connectivity index (χ0n) is 46.4. The fraction of sp³-hybridized carbons (Fsp3) is 0.885. The molecule has 1 aliphatic rings. The van der Waals surface area contributed by atoms with Crippen LogP contribution in [0.15, 0.2) is 36.5 Å². The molecule has 0 saturated carbocycles. The molecule has 0 aromatic carbocycles. The first-order valence-electron chi connectivity index (χ1n) is 30.4.